The first-order chi connectivity index (χ1) is 14.1. The van der Waals surface area contributed by atoms with E-state index in [2.05, 4.69) is 63.5 Å². The number of aromatic nitrogens is 3. The third kappa shape index (κ3) is 6.84. The van der Waals surface area contributed by atoms with Gasteiger partial charge in [0.05, 0.1) is 0 Å². The van der Waals surface area contributed by atoms with Crippen molar-refractivity contribution in [2.75, 3.05) is 26.0 Å². The maximum Gasteiger partial charge on any atom is 0.255 e. The molecule has 0 spiro atoms. The van der Waals surface area contributed by atoms with Crippen LogP contribution in [0.15, 0.2) is 59.8 Å². The normalized spacial score (nSPS) is 11.0. The summed E-state index contributed by atoms with van der Waals surface area (Å²) in [5, 5.41) is 3.21. The molecule has 0 amide bonds. The van der Waals surface area contributed by atoms with Crippen LogP contribution in [0.25, 0.3) is 0 Å². The first-order valence-electron chi connectivity index (χ1n) is 10.0. The fourth-order valence-corrected chi connectivity index (χ4v) is 3.27. The Balaban J connectivity index is 1.43. The van der Waals surface area contributed by atoms with Gasteiger partial charge in [-0.25, -0.2) is 4.98 Å². The standard InChI is InChI=1S/C23H29N5O/c1-28(2)17-20-9-5-8-18(13-20)7-3-4-12-25-23-26-16-21(22(29)27-23)14-19-10-6-11-24-15-19/h5-6,8-11,13,15-16H,3-4,7,12,14,17H2,1-2H3,(H2,25,26,27,29). The van der Waals surface area contributed by atoms with E-state index in [4.69, 9.17) is 0 Å². The van der Waals surface area contributed by atoms with Gasteiger partial charge in [-0.1, -0.05) is 30.3 Å². The third-order valence-electron chi connectivity index (χ3n) is 4.67. The first kappa shape index (κ1) is 20.7. The largest absolute Gasteiger partial charge is 0.356 e. The highest BCUT2D eigenvalue weighted by atomic mass is 16.1. The molecule has 0 aliphatic heterocycles. The molecule has 0 aliphatic rings. The van der Waals surface area contributed by atoms with Crippen LogP contribution < -0.4 is 10.9 Å². The zero-order valence-electron chi connectivity index (χ0n) is 17.2. The third-order valence-corrected chi connectivity index (χ3v) is 4.67. The second kappa shape index (κ2) is 10.5. The van der Waals surface area contributed by atoms with Crippen LogP contribution >= 0.6 is 0 Å². The maximum atomic E-state index is 12.3. The topological polar surface area (TPSA) is 73.9 Å². The molecule has 29 heavy (non-hydrogen) atoms. The highest BCUT2D eigenvalue weighted by Crippen LogP contribution is 2.10. The molecule has 0 saturated heterocycles. The van der Waals surface area contributed by atoms with Crippen LogP contribution in [0.1, 0.15) is 35.1 Å². The monoisotopic (exact) mass is 391 g/mol. The number of rotatable bonds is 10. The minimum absolute atomic E-state index is 0.107. The number of hydrogen-bond acceptors (Lipinski definition) is 5. The molecule has 0 unspecified atom stereocenters. The smallest absolute Gasteiger partial charge is 0.255 e. The summed E-state index contributed by atoms with van der Waals surface area (Å²) >= 11 is 0. The van der Waals surface area contributed by atoms with E-state index in [-0.39, 0.29) is 5.56 Å². The fraction of sp³-hybridized carbons (Fsp3) is 0.348. The number of benzene rings is 1. The zero-order chi connectivity index (χ0) is 20.5. The molecule has 0 radical (unpaired) electrons. The Kier molecular flexibility index (Phi) is 7.53. The molecule has 1 aromatic carbocycles. The number of unbranched alkanes of at least 4 members (excludes halogenated alkanes) is 1. The van der Waals surface area contributed by atoms with Crippen molar-refractivity contribution < 1.29 is 0 Å². The molecular weight excluding hydrogens is 362 g/mol. The minimum Gasteiger partial charge on any atom is -0.356 e. The van der Waals surface area contributed by atoms with Gasteiger partial charge >= 0.3 is 0 Å². The van der Waals surface area contributed by atoms with Gasteiger partial charge in [-0.2, -0.15) is 0 Å². The highest BCUT2D eigenvalue weighted by Gasteiger charge is 2.04. The van der Waals surface area contributed by atoms with Crippen LogP contribution in [0.3, 0.4) is 0 Å². The van der Waals surface area contributed by atoms with E-state index in [0.29, 0.717) is 17.9 Å². The summed E-state index contributed by atoms with van der Waals surface area (Å²) in [5.41, 5.74) is 4.25. The van der Waals surface area contributed by atoms with Crippen LogP contribution in [0.4, 0.5) is 5.95 Å². The van der Waals surface area contributed by atoms with Crippen molar-refractivity contribution in [2.45, 2.75) is 32.2 Å². The summed E-state index contributed by atoms with van der Waals surface area (Å²) in [4.78, 5) is 25.7. The van der Waals surface area contributed by atoms with Gasteiger partial charge in [-0.05, 0) is 56.1 Å². The Labute approximate surface area is 172 Å². The number of anilines is 1. The van der Waals surface area contributed by atoms with E-state index >= 15 is 0 Å². The van der Waals surface area contributed by atoms with Gasteiger partial charge < -0.3 is 10.2 Å². The minimum atomic E-state index is -0.107. The molecule has 0 aliphatic carbocycles. The van der Waals surface area contributed by atoms with Crippen molar-refractivity contribution >= 4 is 5.95 Å². The van der Waals surface area contributed by atoms with Crippen LogP contribution in [0, 0.1) is 0 Å². The lowest BCUT2D eigenvalue weighted by atomic mass is 10.1. The zero-order valence-corrected chi connectivity index (χ0v) is 17.2. The van der Waals surface area contributed by atoms with Crippen molar-refractivity contribution in [2.24, 2.45) is 0 Å². The molecule has 6 nitrogen and oxygen atoms in total. The van der Waals surface area contributed by atoms with Crippen LogP contribution in [0.2, 0.25) is 0 Å². The van der Waals surface area contributed by atoms with Crippen LogP contribution in [-0.4, -0.2) is 40.5 Å². The van der Waals surface area contributed by atoms with Crippen molar-refractivity contribution in [3.8, 4) is 0 Å². The Morgan fingerprint density at radius 1 is 1.03 bits per heavy atom. The number of nitrogens with zero attached hydrogens (tertiary/aromatic N) is 3. The molecule has 152 valence electrons. The lowest BCUT2D eigenvalue weighted by Gasteiger charge is -2.11. The molecule has 0 saturated carbocycles. The van der Waals surface area contributed by atoms with Crippen molar-refractivity contribution in [3.63, 3.8) is 0 Å². The maximum absolute atomic E-state index is 12.3. The summed E-state index contributed by atoms with van der Waals surface area (Å²) in [6, 6.07) is 12.6. The number of aromatic amines is 1. The Hall–Kier alpha value is -2.99. The molecule has 3 rings (SSSR count). The van der Waals surface area contributed by atoms with E-state index in [1.807, 2.05) is 12.1 Å². The molecule has 6 heteroatoms. The van der Waals surface area contributed by atoms with E-state index < -0.39 is 0 Å². The van der Waals surface area contributed by atoms with Gasteiger partial charge in [0.25, 0.3) is 5.56 Å². The summed E-state index contributed by atoms with van der Waals surface area (Å²) in [5.74, 6) is 0.526. The molecule has 0 fully saturated rings. The van der Waals surface area contributed by atoms with E-state index in [1.165, 1.54) is 11.1 Å². The summed E-state index contributed by atoms with van der Waals surface area (Å²) in [6.45, 7) is 1.74. The number of pyridine rings is 1. The predicted octanol–water partition coefficient (Wildman–Crippen LogP) is 3.25. The number of H-pyrrole nitrogens is 1. The van der Waals surface area contributed by atoms with E-state index in [0.717, 1.165) is 37.9 Å². The second-order valence-electron chi connectivity index (χ2n) is 7.57. The van der Waals surface area contributed by atoms with Gasteiger partial charge in [0.1, 0.15) is 0 Å². The molecule has 2 heterocycles. The summed E-state index contributed by atoms with van der Waals surface area (Å²) in [6.07, 6.45) is 8.81. The Morgan fingerprint density at radius 3 is 2.62 bits per heavy atom. The van der Waals surface area contributed by atoms with Gasteiger partial charge in [-0.3, -0.25) is 14.8 Å². The average molecular weight is 392 g/mol. The molecule has 0 atom stereocenters. The molecule has 3 aromatic rings. The Morgan fingerprint density at radius 2 is 1.86 bits per heavy atom. The molecule has 2 aromatic heterocycles. The average Bonchev–Trinajstić information content (AvgIpc) is 2.70. The SMILES string of the molecule is CN(C)Cc1cccc(CCCCNc2ncc(Cc3cccnc3)c(=O)[nH]2)c1. The number of nitrogens with one attached hydrogen (secondary N) is 2. The highest BCUT2D eigenvalue weighted by molar-refractivity contribution is 5.27. The van der Waals surface area contributed by atoms with Crippen molar-refractivity contribution in [1.82, 2.24) is 19.9 Å². The predicted molar refractivity (Wildman–Crippen MR) is 117 cm³/mol. The summed E-state index contributed by atoms with van der Waals surface area (Å²) < 4.78 is 0. The van der Waals surface area contributed by atoms with E-state index in [9.17, 15) is 4.79 Å². The number of hydrogen-bond donors (Lipinski definition) is 2. The quantitative estimate of drug-likeness (QED) is 0.519. The summed E-state index contributed by atoms with van der Waals surface area (Å²) in [7, 11) is 4.17. The van der Waals surface area contributed by atoms with E-state index in [1.54, 1.807) is 18.6 Å². The number of aryl methyl sites for hydroxylation is 1. The van der Waals surface area contributed by atoms with Gasteiger partial charge in [-0.15, -0.1) is 0 Å². The van der Waals surface area contributed by atoms with Crippen LogP contribution in [-0.2, 0) is 19.4 Å². The fourth-order valence-electron chi connectivity index (χ4n) is 3.27. The Bertz CT molecular complexity index is 953. The van der Waals surface area contributed by atoms with Gasteiger partial charge in [0.2, 0.25) is 5.95 Å². The molecular formula is C23H29N5O. The lowest BCUT2D eigenvalue weighted by Crippen LogP contribution is -2.17. The van der Waals surface area contributed by atoms with Gasteiger partial charge in [0, 0.05) is 43.7 Å². The molecule has 0 bridgehead atoms. The first-order valence-corrected chi connectivity index (χ1v) is 10.0. The van der Waals surface area contributed by atoms with Gasteiger partial charge in [0.15, 0.2) is 0 Å². The molecule has 2 N–H and O–H groups in total. The van der Waals surface area contributed by atoms with Crippen molar-refractivity contribution in [1.29, 1.82) is 0 Å². The second-order valence-corrected chi connectivity index (χ2v) is 7.57. The van der Waals surface area contributed by atoms with Crippen LogP contribution in [0.5, 0.6) is 0 Å². The van der Waals surface area contributed by atoms with Crippen molar-refractivity contribution in [3.05, 3.63) is 87.6 Å². The lowest BCUT2D eigenvalue weighted by molar-refractivity contribution is 0.402.